The Morgan fingerprint density at radius 1 is 1.50 bits per heavy atom. The molecule has 1 aromatic carbocycles. The van der Waals surface area contributed by atoms with Crippen LogP contribution in [0.1, 0.15) is 31.7 Å². The summed E-state index contributed by atoms with van der Waals surface area (Å²) < 4.78 is 0. The Hall–Kier alpha value is -0.740. The van der Waals surface area contributed by atoms with Crippen molar-refractivity contribution in [3.63, 3.8) is 0 Å². The van der Waals surface area contributed by atoms with Gasteiger partial charge < -0.3 is 10.6 Å². The average Bonchev–Trinajstić information content (AvgIpc) is 3.19. The largest absolute Gasteiger partial charge is 0.389 e. The van der Waals surface area contributed by atoms with Crippen LogP contribution in [0.25, 0.3) is 0 Å². The van der Waals surface area contributed by atoms with Crippen LogP contribution in [-0.4, -0.2) is 23.8 Å². The van der Waals surface area contributed by atoms with Gasteiger partial charge in [0.2, 0.25) is 0 Å². The average molecular weight is 280 g/mol. The van der Waals surface area contributed by atoms with Gasteiger partial charge in [-0.25, -0.2) is 0 Å². The van der Waals surface area contributed by atoms with E-state index >= 15 is 0 Å². The van der Waals surface area contributed by atoms with E-state index in [9.17, 15) is 0 Å². The number of hydrogen-bond donors (Lipinski definition) is 1. The van der Waals surface area contributed by atoms with E-state index in [1.165, 1.54) is 23.4 Å². The summed E-state index contributed by atoms with van der Waals surface area (Å²) in [4.78, 5) is 4.17. The SMILES string of the molecule is CCCN(c1cccc(SC)c1C(N)=S)C1CC1. The summed E-state index contributed by atoms with van der Waals surface area (Å²) in [5, 5.41) is 0. The number of benzene rings is 1. The topological polar surface area (TPSA) is 29.3 Å². The molecule has 0 aromatic heterocycles. The van der Waals surface area contributed by atoms with E-state index in [-0.39, 0.29) is 0 Å². The summed E-state index contributed by atoms with van der Waals surface area (Å²) in [6.45, 7) is 3.30. The molecule has 2 nitrogen and oxygen atoms in total. The number of hydrogen-bond acceptors (Lipinski definition) is 3. The minimum Gasteiger partial charge on any atom is -0.389 e. The van der Waals surface area contributed by atoms with Gasteiger partial charge in [-0.15, -0.1) is 11.8 Å². The van der Waals surface area contributed by atoms with Crippen LogP contribution in [0.4, 0.5) is 5.69 Å². The second-order valence-electron chi connectivity index (χ2n) is 4.64. The highest BCUT2D eigenvalue weighted by Crippen LogP contribution is 2.36. The highest BCUT2D eigenvalue weighted by molar-refractivity contribution is 7.98. The third-order valence-electron chi connectivity index (χ3n) is 3.23. The molecule has 1 aromatic rings. The van der Waals surface area contributed by atoms with Crippen molar-refractivity contribution in [2.75, 3.05) is 17.7 Å². The van der Waals surface area contributed by atoms with Crippen LogP contribution in [0.2, 0.25) is 0 Å². The van der Waals surface area contributed by atoms with Crippen molar-refractivity contribution in [2.45, 2.75) is 37.1 Å². The van der Waals surface area contributed by atoms with Gasteiger partial charge in [0.05, 0.1) is 0 Å². The highest BCUT2D eigenvalue weighted by Gasteiger charge is 2.30. The number of nitrogens with two attached hydrogens (primary N) is 1. The van der Waals surface area contributed by atoms with Gasteiger partial charge in [0.25, 0.3) is 0 Å². The van der Waals surface area contributed by atoms with Crippen molar-refractivity contribution in [3.05, 3.63) is 23.8 Å². The summed E-state index contributed by atoms with van der Waals surface area (Å²) in [5.41, 5.74) is 8.21. The van der Waals surface area contributed by atoms with Gasteiger partial charge in [-0.1, -0.05) is 25.2 Å². The zero-order valence-corrected chi connectivity index (χ0v) is 12.6. The first-order chi connectivity index (χ1) is 8.69. The Kier molecular flexibility index (Phi) is 4.51. The van der Waals surface area contributed by atoms with Gasteiger partial charge >= 0.3 is 0 Å². The number of nitrogens with zero attached hydrogens (tertiary/aromatic N) is 1. The molecule has 0 spiro atoms. The van der Waals surface area contributed by atoms with Crippen molar-refractivity contribution in [1.82, 2.24) is 0 Å². The third kappa shape index (κ3) is 2.81. The van der Waals surface area contributed by atoms with Crippen LogP contribution >= 0.6 is 24.0 Å². The highest BCUT2D eigenvalue weighted by atomic mass is 32.2. The summed E-state index contributed by atoms with van der Waals surface area (Å²) in [6.07, 6.45) is 5.81. The van der Waals surface area contributed by atoms with E-state index in [0.29, 0.717) is 11.0 Å². The lowest BCUT2D eigenvalue weighted by molar-refractivity contribution is 0.761. The van der Waals surface area contributed by atoms with Crippen molar-refractivity contribution < 1.29 is 0 Å². The van der Waals surface area contributed by atoms with E-state index in [0.717, 1.165) is 18.5 Å². The third-order valence-corrected chi connectivity index (χ3v) is 4.22. The Morgan fingerprint density at radius 3 is 2.72 bits per heavy atom. The second-order valence-corrected chi connectivity index (χ2v) is 5.93. The van der Waals surface area contributed by atoms with E-state index in [1.54, 1.807) is 11.8 Å². The van der Waals surface area contributed by atoms with Crippen LogP contribution in [-0.2, 0) is 0 Å². The predicted molar refractivity (Wildman–Crippen MR) is 84.8 cm³/mol. The number of thiocarbonyl (C=S) groups is 1. The molecule has 0 saturated heterocycles. The van der Waals surface area contributed by atoms with E-state index < -0.39 is 0 Å². The molecule has 1 aliphatic carbocycles. The molecule has 18 heavy (non-hydrogen) atoms. The summed E-state index contributed by atoms with van der Waals surface area (Å²) in [5.74, 6) is 0. The van der Waals surface area contributed by atoms with Crippen LogP contribution in [0.5, 0.6) is 0 Å². The van der Waals surface area contributed by atoms with Gasteiger partial charge in [-0.05, 0) is 37.7 Å². The number of rotatable bonds is 6. The molecule has 0 atom stereocenters. The van der Waals surface area contributed by atoms with Crippen molar-refractivity contribution in [1.29, 1.82) is 0 Å². The normalized spacial score (nSPS) is 14.6. The fourth-order valence-electron chi connectivity index (χ4n) is 2.30. The quantitative estimate of drug-likeness (QED) is 0.638. The van der Waals surface area contributed by atoms with Crippen LogP contribution in [0, 0.1) is 0 Å². The van der Waals surface area contributed by atoms with Crippen molar-refractivity contribution in [2.24, 2.45) is 5.73 Å². The Morgan fingerprint density at radius 2 is 2.22 bits per heavy atom. The second kappa shape index (κ2) is 5.93. The monoisotopic (exact) mass is 280 g/mol. The summed E-state index contributed by atoms with van der Waals surface area (Å²) in [7, 11) is 0. The van der Waals surface area contributed by atoms with Crippen LogP contribution in [0.3, 0.4) is 0 Å². The van der Waals surface area contributed by atoms with E-state index in [1.807, 2.05) is 0 Å². The number of thioether (sulfide) groups is 1. The smallest absolute Gasteiger partial charge is 0.107 e. The fraction of sp³-hybridized carbons (Fsp3) is 0.500. The van der Waals surface area contributed by atoms with Gasteiger partial charge in [-0.3, -0.25) is 0 Å². The molecule has 0 heterocycles. The first-order valence-electron chi connectivity index (χ1n) is 6.42. The molecule has 0 radical (unpaired) electrons. The minimum absolute atomic E-state index is 0.511. The molecule has 2 rings (SSSR count). The molecule has 1 aliphatic rings. The van der Waals surface area contributed by atoms with Gasteiger partial charge in [0.1, 0.15) is 4.99 Å². The zero-order chi connectivity index (χ0) is 13.1. The predicted octanol–water partition coefficient (Wildman–Crippen LogP) is 3.42. The lowest BCUT2D eigenvalue weighted by Crippen LogP contribution is -2.29. The first-order valence-corrected chi connectivity index (χ1v) is 8.05. The van der Waals surface area contributed by atoms with Crippen LogP contribution < -0.4 is 10.6 Å². The standard InChI is InChI=1S/C14H20N2S2/c1-3-9-16(10-7-8-10)11-5-4-6-12(18-2)13(11)14(15)17/h4-6,10H,3,7-9H2,1-2H3,(H2,15,17). The van der Waals surface area contributed by atoms with Gasteiger partial charge in [0.15, 0.2) is 0 Å². The zero-order valence-electron chi connectivity index (χ0n) is 11.0. The lowest BCUT2D eigenvalue weighted by atomic mass is 10.1. The maximum atomic E-state index is 5.94. The first kappa shape index (κ1) is 13.7. The Bertz CT molecular complexity index is 441. The Balaban J connectivity index is 2.43. The summed E-state index contributed by atoms with van der Waals surface area (Å²) in [6, 6.07) is 7.05. The molecule has 2 N–H and O–H groups in total. The molecule has 0 bridgehead atoms. The van der Waals surface area contributed by atoms with Gasteiger partial charge in [0, 0.05) is 28.7 Å². The fourth-order valence-corrected chi connectivity index (χ4v) is 3.22. The van der Waals surface area contributed by atoms with Crippen LogP contribution in [0.15, 0.2) is 23.1 Å². The Labute approximate surface area is 119 Å². The molecule has 98 valence electrons. The van der Waals surface area contributed by atoms with Crippen molar-refractivity contribution in [3.8, 4) is 0 Å². The van der Waals surface area contributed by atoms with E-state index in [4.69, 9.17) is 18.0 Å². The molecule has 1 saturated carbocycles. The van der Waals surface area contributed by atoms with Crippen molar-refractivity contribution >= 4 is 34.7 Å². The molecule has 4 heteroatoms. The summed E-state index contributed by atoms with van der Waals surface area (Å²) >= 11 is 6.96. The minimum atomic E-state index is 0.511. The molecule has 0 amide bonds. The molecule has 0 unspecified atom stereocenters. The van der Waals surface area contributed by atoms with Gasteiger partial charge in [-0.2, -0.15) is 0 Å². The van der Waals surface area contributed by atoms with E-state index in [2.05, 4.69) is 36.3 Å². The maximum Gasteiger partial charge on any atom is 0.107 e. The lowest BCUT2D eigenvalue weighted by Gasteiger charge is -2.27. The molecular formula is C14H20N2S2. The molecular weight excluding hydrogens is 260 g/mol. The number of anilines is 1. The maximum absolute atomic E-state index is 5.94. The molecule has 1 fully saturated rings. The molecule has 0 aliphatic heterocycles.